The van der Waals surface area contributed by atoms with E-state index in [0.717, 1.165) is 0 Å². The van der Waals surface area contributed by atoms with Crippen LogP contribution in [0.1, 0.15) is 32.8 Å². The van der Waals surface area contributed by atoms with Gasteiger partial charge in [0, 0.05) is 23.1 Å². The molecule has 9 heteroatoms. The summed E-state index contributed by atoms with van der Waals surface area (Å²) < 4.78 is 35.7. The molecule has 3 rings (SSSR count). The molecule has 0 aliphatic carbocycles. The Balaban J connectivity index is 1.66. The van der Waals surface area contributed by atoms with Gasteiger partial charge in [-0.25, -0.2) is 18.8 Å². The predicted octanol–water partition coefficient (Wildman–Crippen LogP) is 6.48. The highest BCUT2D eigenvalue weighted by atomic mass is 19.1. The minimum absolute atomic E-state index is 0.00592. The fourth-order valence-corrected chi connectivity index (χ4v) is 3.34. The third-order valence-corrected chi connectivity index (χ3v) is 5.63. The summed E-state index contributed by atoms with van der Waals surface area (Å²) >= 11 is 0. The van der Waals surface area contributed by atoms with Crippen LogP contribution in [0, 0.1) is 5.82 Å². The Morgan fingerprint density at radius 3 is 1.71 bits per heavy atom. The molecule has 0 aliphatic rings. The molecule has 3 aromatic carbocycles. The zero-order valence-electron chi connectivity index (χ0n) is 23.5. The quantitative estimate of drug-likeness (QED) is 0.146. The first-order chi connectivity index (χ1) is 19.8. The summed E-state index contributed by atoms with van der Waals surface area (Å²) in [5.41, 5.74) is 2.30. The van der Waals surface area contributed by atoms with Crippen molar-refractivity contribution >= 4 is 23.9 Å². The third kappa shape index (κ3) is 8.59. The van der Waals surface area contributed by atoms with Crippen molar-refractivity contribution < 1.29 is 42.5 Å². The summed E-state index contributed by atoms with van der Waals surface area (Å²) in [7, 11) is 0. The molecule has 0 radical (unpaired) electrons. The molecular weight excluding hydrogens is 543 g/mol. The van der Waals surface area contributed by atoms with Crippen LogP contribution in [-0.2, 0) is 25.6 Å². The van der Waals surface area contributed by atoms with Gasteiger partial charge in [0.25, 0.3) is 0 Å². The lowest BCUT2D eigenvalue weighted by molar-refractivity contribution is -0.134. The van der Waals surface area contributed by atoms with Gasteiger partial charge in [0.05, 0.1) is 0 Å². The average molecular weight is 573 g/mol. The van der Waals surface area contributed by atoms with Gasteiger partial charge in [0.1, 0.15) is 5.75 Å². The fraction of sp³-hybridized carbons (Fsp3) is 0.152. The third-order valence-electron chi connectivity index (χ3n) is 5.63. The van der Waals surface area contributed by atoms with Crippen LogP contribution in [0.15, 0.2) is 97.1 Å². The van der Waals surface area contributed by atoms with E-state index in [-0.39, 0.29) is 46.8 Å². The molecule has 0 N–H and O–H groups in total. The molecule has 3 aromatic rings. The van der Waals surface area contributed by atoms with E-state index in [2.05, 4.69) is 19.7 Å². The molecule has 42 heavy (non-hydrogen) atoms. The second-order valence-corrected chi connectivity index (χ2v) is 9.43. The molecule has 0 aliphatic heterocycles. The summed E-state index contributed by atoms with van der Waals surface area (Å²) in [6, 6.07) is 15.1. The molecule has 0 amide bonds. The number of halogens is 1. The highest BCUT2D eigenvalue weighted by molar-refractivity contribution is 5.91. The van der Waals surface area contributed by atoms with Crippen LogP contribution < -0.4 is 18.9 Å². The van der Waals surface area contributed by atoms with Gasteiger partial charge in [-0.3, -0.25) is 4.79 Å². The van der Waals surface area contributed by atoms with Gasteiger partial charge in [0.15, 0.2) is 23.1 Å². The SMILES string of the molecule is C=C(C)C(=O)Oc1ccc(-c2ccc(OC(=O)CCc3ccc(OC(=O)C(=C)C)c(OC(=O)C(=C)C)c3)c(F)c2)cc1. The number of esters is 4. The van der Waals surface area contributed by atoms with E-state index in [0.29, 0.717) is 22.4 Å². The molecule has 0 aromatic heterocycles. The summed E-state index contributed by atoms with van der Waals surface area (Å²) in [5.74, 6) is -3.36. The molecule has 0 heterocycles. The maximum Gasteiger partial charge on any atom is 0.338 e. The lowest BCUT2D eigenvalue weighted by Crippen LogP contribution is -2.13. The monoisotopic (exact) mass is 572 g/mol. The molecular formula is C33H29FO8. The molecule has 0 saturated carbocycles. The average Bonchev–Trinajstić information content (AvgIpc) is 2.94. The Kier molecular flexibility index (Phi) is 10.3. The van der Waals surface area contributed by atoms with Crippen LogP contribution in [0.5, 0.6) is 23.0 Å². The molecule has 0 fully saturated rings. The van der Waals surface area contributed by atoms with E-state index in [1.165, 1.54) is 45.0 Å². The highest BCUT2D eigenvalue weighted by Crippen LogP contribution is 2.31. The van der Waals surface area contributed by atoms with Gasteiger partial charge >= 0.3 is 23.9 Å². The van der Waals surface area contributed by atoms with Gasteiger partial charge in [-0.05, 0) is 80.3 Å². The van der Waals surface area contributed by atoms with E-state index < -0.39 is 29.7 Å². The van der Waals surface area contributed by atoms with Crippen molar-refractivity contribution in [3.05, 3.63) is 109 Å². The van der Waals surface area contributed by atoms with E-state index in [1.54, 1.807) is 36.4 Å². The van der Waals surface area contributed by atoms with Crippen molar-refractivity contribution in [2.75, 3.05) is 0 Å². The topological polar surface area (TPSA) is 105 Å². The van der Waals surface area contributed by atoms with E-state index >= 15 is 0 Å². The summed E-state index contributed by atoms with van der Waals surface area (Å²) in [6.07, 6.45) is 0.0392. The van der Waals surface area contributed by atoms with E-state index in [9.17, 15) is 23.6 Å². The fourth-order valence-electron chi connectivity index (χ4n) is 3.34. The second-order valence-electron chi connectivity index (χ2n) is 9.43. The Morgan fingerprint density at radius 2 is 1.14 bits per heavy atom. The van der Waals surface area contributed by atoms with E-state index in [4.69, 9.17) is 18.9 Å². The lowest BCUT2D eigenvalue weighted by Gasteiger charge is -2.12. The Bertz CT molecular complexity index is 1580. The Hall–Kier alpha value is -5.31. The number of ether oxygens (including phenoxy) is 4. The molecule has 0 unspecified atom stereocenters. The smallest absolute Gasteiger partial charge is 0.338 e. The second kappa shape index (κ2) is 13.8. The van der Waals surface area contributed by atoms with Gasteiger partial charge in [-0.2, -0.15) is 0 Å². The van der Waals surface area contributed by atoms with Crippen molar-refractivity contribution in [3.63, 3.8) is 0 Å². The largest absolute Gasteiger partial charge is 0.423 e. The Morgan fingerprint density at radius 1 is 0.619 bits per heavy atom. The first kappa shape index (κ1) is 31.2. The highest BCUT2D eigenvalue weighted by Gasteiger charge is 2.17. The molecule has 0 atom stereocenters. The number of carbonyl (C=O) groups excluding carboxylic acids is 4. The summed E-state index contributed by atoms with van der Waals surface area (Å²) in [4.78, 5) is 48.2. The van der Waals surface area contributed by atoms with Gasteiger partial charge in [0.2, 0.25) is 0 Å². The zero-order valence-corrected chi connectivity index (χ0v) is 23.5. The molecule has 0 bridgehead atoms. The normalized spacial score (nSPS) is 10.3. The van der Waals surface area contributed by atoms with Gasteiger partial charge in [-0.1, -0.05) is 44.0 Å². The molecule has 0 spiro atoms. The van der Waals surface area contributed by atoms with Crippen LogP contribution in [0.2, 0.25) is 0 Å². The first-order valence-electron chi connectivity index (χ1n) is 12.7. The number of carbonyl (C=O) groups is 4. The zero-order chi connectivity index (χ0) is 31.0. The van der Waals surface area contributed by atoms with Crippen LogP contribution in [0.4, 0.5) is 4.39 Å². The van der Waals surface area contributed by atoms with Gasteiger partial charge in [-0.15, -0.1) is 0 Å². The number of hydrogen-bond donors (Lipinski definition) is 0. The number of aryl methyl sites for hydroxylation is 1. The number of hydrogen-bond acceptors (Lipinski definition) is 8. The molecule has 216 valence electrons. The van der Waals surface area contributed by atoms with Crippen molar-refractivity contribution in [1.29, 1.82) is 0 Å². The van der Waals surface area contributed by atoms with E-state index in [1.807, 2.05) is 0 Å². The maximum absolute atomic E-state index is 14.8. The molecule has 0 saturated heterocycles. The molecule has 8 nitrogen and oxygen atoms in total. The standard InChI is InChI=1S/C33H29FO8/c1-19(2)31(36)39-25-12-9-23(10-13-25)24-11-15-27(26(34)18-24)40-30(35)16-8-22-7-14-28(41-32(37)20(3)4)29(17-22)42-33(38)21(5)6/h7,9-15,17-18H,1,3,5,8,16H2,2,4,6H3. The van der Waals surface area contributed by atoms with Crippen molar-refractivity contribution in [3.8, 4) is 34.1 Å². The summed E-state index contributed by atoms with van der Waals surface area (Å²) in [6.45, 7) is 15.1. The minimum atomic E-state index is -0.740. The van der Waals surface area contributed by atoms with Crippen LogP contribution in [0.25, 0.3) is 11.1 Å². The Labute approximate surface area is 242 Å². The van der Waals surface area contributed by atoms with Crippen molar-refractivity contribution in [2.24, 2.45) is 0 Å². The first-order valence-corrected chi connectivity index (χ1v) is 12.7. The van der Waals surface area contributed by atoms with Gasteiger partial charge < -0.3 is 18.9 Å². The number of rotatable bonds is 11. The van der Waals surface area contributed by atoms with Crippen LogP contribution >= 0.6 is 0 Å². The maximum atomic E-state index is 14.8. The van der Waals surface area contributed by atoms with Crippen molar-refractivity contribution in [2.45, 2.75) is 33.6 Å². The lowest BCUT2D eigenvalue weighted by atomic mass is 10.1. The minimum Gasteiger partial charge on any atom is -0.423 e. The number of benzene rings is 3. The van der Waals surface area contributed by atoms with Crippen molar-refractivity contribution in [1.82, 2.24) is 0 Å². The van der Waals surface area contributed by atoms with Crippen LogP contribution in [0.3, 0.4) is 0 Å². The predicted molar refractivity (Wildman–Crippen MR) is 154 cm³/mol. The summed E-state index contributed by atoms with van der Waals surface area (Å²) in [5, 5.41) is 0. The van der Waals surface area contributed by atoms with Crippen LogP contribution in [-0.4, -0.2) is 23.9 Å².